The number of benzene rings is 2. The number of sulfonamides is 1. The van der Waals surface area contributed by atoms with Crippen LogP contribution in [0.3, 0.4) is 0 Å². The fourth-order valence-electron chi connectivity index (χ4n) is 4.34. The molecule has 2 unspecified atom stereocenters. The molecule has 0 bridgehead atoms. The van der Waals surface area contributed by atoms with Gasteiger partial charge in [0.15, 0.2) is 0 Å². The molecule has 2 aromatic rings. The van der Waals surface area contributed by atoms with Crippen LogP contribution in [0.25, 0.3) is 0 Å². The van der Waals surface area contributed by atoms with E-state index in [0.29, 0.717) is 37.8 Å². The fraction of sp³-hybridized carbons (Fsp3) is 0.364. The third kappa shape index (κ3) is 3.50. The Morgan fingerprint density at radius 1 is 1.07 bits per heavy atom. The van der Waals surface area contributed by atoms with Gasteiger partial charge in [0.25, 0.3) is 5.91 Å². The SMILES string of the molecule is NC(=O)C1(OC(=O)C2CCCN(S(=O)(=O)c3ccccc3)C2)CCc2ccccc21. The van der Waals surface area contributed by atoms with Gasteiger partial charge < -0.3 is 10.5 Å². The summed E-state index contributed by atoms with van der Waals surface area (Å²) in [6.45, 7) is 0.358. The van der Waals surface area contributed by atoms with Crippen molar-refractivity contribution < 1.29 is 22.7 Å². The number of carbonyl (C=O) groups excluding carboxylic acids is 2. The molecule has 2 atom stereocenters. The van der Waals surface area contributed by atoms with Crippen molar-refractivity contribution in [3.8, 4) is 0 Å². The second-order valence-electron chi connectivity index (χ2n) is 7.78. The van der Waals surface area contributed by atoms with E-state index in [2.05, 4.69) is 0 Å². The summed E-state index contributed by atoms with van der Waals surface area (Å²) in [5.41, 5.74) is 5.74. The fourth-order valence-corrected chi connectivity index (χ4v) is 5.88. The van der Waals surface area contributed by atoms with Crippen LogP contribution in [0.5, 0.6) is 0 Å². The standard InChI is InChI=1S/C22H24N2O5S/c23-21(26)22(13-12-16-7-4-5-11-19(16)22)29-20(25)17-8-6-14-24(15-17)30(27,28)18-9-2-1-3-10-18/h1-5,7,9-11,17H,6,8,12-15H2,(H2,23,26). The van der Waals surface area contributed by atoms with Crippen molar-refractivity contribution in [3.63, 3.8) is 0 Å². The monoisotopic (exact) mass is 428 g/mol. The van der Waals surface area contributed by atoms with Crippen molar-refractivity contribution >= 4 is 21.9 Å². The average molecular weight is 429 g/mol. The van der Waals surface area contributed by atoms with E-state index < -0.39 is 33.4 Å². The summed E-state index contributed by atoms with van der Waals surface area (Å²) in [6.07, 6.45) is 1.92. The number of hydrogen-bond acceptors (Lipinski definition) is 5. The van der Waals surface area contributed by atoms with Crippen LogP contribution in [0.2, 0.25) is 0 Å². The molecular formula is C22H24N2O5S. The zero-order valence-corrected chi connectivity index (χ0v) is 17.3. The summed E-state index contributed by atoms with van der Waals surface area (Å²) in [7, 11) is -3.70. The normalized spacial score (nSPS) is 24.2. The molecule has 1 heterocycles. The Kier molecular flexibility index (Phi) is 5.38. The highest BCUT2D eigenvalue weighted by atomic mass is 32.2. The van der Waals surface area contributed by atoms with E-state index >= 15 is 0 Å². The Morgan fingerprint density at radius 2 is 1.77 bits per heavy atom. The molecule has 158 valence electrons. The van der Waals surface area contributed by atoms with E-state index in [1.54, 1.807) is 30.3 Å². The summed E-state index contributed by atoms with van der Waals surface area (Å²) in [6, 6.07) is 15.4. The number of rotatable bonds is 5. The van der Waals surface area contributed by atoms with E-state index in [1.165, 1.54) is 16.4 Å². The van der Waals surface area contributed by atoms with Gasteiger partial charge in [-0.25, -0.2) is 8.42 Å². The number of nitrogens with two attached hydrogens (primary N) is 1. The molecule has 2 aromatic carbocycles. The summed E-state index contributed by atoms with van der Waals surface area (Å²) < 4.78 is 32.9. The van der Waals surface area contributed by atoms with E-state index in [0.717, 1.165) is 5.56 Å². The molecule has 0 spiro atoms. The number of nitrogens with zero attached hydrogens (tertiary/aromatic N) is 1. The van der Waals surface area contributed by atoms with E-state index in [1.807, 2.05) is 12.1 Å². The molecule has 1 amide bonds. The quantitative estimate of drug-likeness (QED) is 0.733. The number of esters is 1. The Balaban J connectivity index is 1.55. The second kappa shape index (κ2) is 7.85. The van der Waals surface area contributed by atoms with Crippen LogP contribution >= 0.6 is 0 Å². The lowest BCUT2D eigenvalue weighted by molar-refractivity contribution is -0.173. The van der Waals surface area contributed by atoms with E-state index in [9.17, 15) is 18.0 Å². The van der Waals surface area contributed by atoms with Crippen LogP contribution in [0.4, 0.5) is 0 Å². The predicted molar refractivity (Wildman–Crippen MR) is 110 cm³/mol. The summed E-state index contributed by atoms with van der Waals surface area (Å²) in [5, 5.41) is 0. The zero-order valence-electron chi connectivity index (χ0n) is 16.5. The first-order chi connectivity index (χ1) is 14.3. The van der Waals surface area contributed by atoms with Gasteiger partial charge in [-0.15, -0.1) is 0 Å². The smallest absolute Gasteiger partial charge is 0.311 e. The summed E-state index contributed by atoms with van der Waals surface area (Å²) in [5.74, 6) is -1.94. The van der Waals surface area contributed by atoms with Crippen LogP contribution in [-0.2, 0) is 36.4 Å². The third-order valence-electron chi connectivity index (χ3n) is 5.97. The molecule has 7 nitrogen and oxygen atoms in total. The molecule has 8 heteroatoms. The van der Waals surface area contributed by atoms with E-state index in [-0.39, 0.29) is 11.4 Å². The van der Waals surface area contributed by atoms with Crippen LogP contribution < -0.4 is 5.73 Å². The number of amides is 1. The number of ether oxygens (including phenoxy) is 1. The van der Waals surface area contributed by atoms with E-state index in [4.69, 9.17) is 10.5 Å². The average Bonchev–Trinajstić information content (AvgIpc) is 3.14. The Morgan fingerprint density at radius 3 is 2.50 bits per heavy atom. The van der Waals surface area contributed by atoms with Crippen molar-refractivity contribution in [1.82, 2.24) is 4.31 Å². The molecule has 30 heavy (non-hydrogen) atoms. The number of carbonyl (C=O) groups is 2. The molecule has 1 saturated heterocycles. The van der Waals surface area contributed by atoms with Gasteiger partial charge in [-0.2, -0.15) is 4.31 Å². The molecule has 1 aliphatic carbocycles. The Bertz CT molecular complexity index is 1070. The Labute approximate surface area is 175 Å². The van der Waals surface area contributed by atoms with Crippen molar-refractivity contribution in [2.75, 3.05) is 13.1 Å². The van der Waals surface area contributed by atoms with Crippen LogP contribution in [-0.4, -0.2) is 37.7 Å². The molecule has 0 aromatic heterocycles. The molecule has 1 aliphatic heterocycles. The van der Waals surface area contributed by atoms with Gasteiger partial charge in [-0.1, -0.05) is 42.5 Å². The number of fused-ring (bicyclic) bond motifs is 1. The Hall–Kier alpha value is -2.71. The molecule has 0 saturated carbocycles. The molecule has 0 radical (unpaired) electrons. The van der Waals surface area contributed by atoms with Crippen LogP contribution in [0, 0.1) is 5.92 Å². The number of primary amides is 1. The minimum Gasteiger partial charge on any atom is -0.444 e. The van der Waals surface area contributed by atoms with Gasteiger partial charge in [0.05, 0.1) is 10.8 Å². The van der Waals surface area contributed by atoms with Crippen molar-refractivity contribution in [2.24, 2.45) is 11.7 Å². The van der Waals surface area contributed by atoms with Crippen molar-refractivity contribution in [2.45, 2.75) is 36.2 Å². The van der Waals surface area contributed by atoms with Crippen molar-refractivity contribution in [1.29, 1.82) is 0 Å². The summed E-state index contributed by atoms with van der Waals surface area (Å²) >= 11 is 0. The van der Waals surface area contributed by atoms with Gasteiger partial charge in [-0.3, -0.25) is 9.59 Å². The highest BCUT2D eigenvalue weighted by Gasteiger charge is 2.49. The number of hydrogen-bond donors (Lipinski definition) is 1. The minimum atomic E-state index is -3.70. The van der Waals surface area contributed by atoms with Gasteiger partial charge in [0.1, 0.15) is 0 Å². The lowest BCUT2D eigenvalue weighted by Crippen LogP contribution is -2.47. The highest BCUT2D eigenvalue weighted by molar-refractivity contribution is 7.89. The summed E-state index contributed by atoms with van der Waals surface area (Å²) in [4.78, 5) is 25.6. The van der Waals surface area contributed by atoms with Gasteiger partial charge >= 0.3 is 5.97 Å². The number of piperidine rings is 1. The maximum Gasteiger partial charge on any atom is 0.311 e. The molecule has 2 aliphatic rings. The molecule has 4 rings (SSSR count). The first kappa shape index (κ1) is 20.6. The predicted octanol–water partition coefficient (Wildman–Crippen LogP) is 1.96. The van der Waals surface area contributed by atoms with Crippen LogP contribution in [0.15, 0.2) is 59.5 Å². The van der Waals surface area contributed by atoms with Gasteiger partial charge in [0, 0.05) is 25.1 Å². The molecular weight excluding hydrogens is 404 g/mol. The topological polar surface area (TPSA) is 107 Å². The maximum atomic E-state index is 13.0. The van der Waals surface area contributed by atoms with Gasteiger partial charge in [-0.05, 0) is 37.0 Å². The van der Waals surface area contributed by atoms with Crippen LogP contribution in [0.1, 0.15) is 30.4 Å². The largest absolute Gasteiger partial charge is 0.444 e. The van der Waals surface area contributed by atoms with Gasteiger partial charge in [0.2, 0.25) is 15.6 Å². The number of aryl methyl sites for hydroxylation is 1. The minimum absolute atomic E-state index is 0.0204. The molecule has 1 fully saturated rings. The first-order valence-electron chi connectivity index (χ1n) is 10.0. The van der Waals surface area contributed by atoms with Crippen molar-refractivity contribution in [3.05, 3.63) is 65.7 Å². The first-order valence-corrected chi connectivity index (χ1v) is 11.4. The maximum absolute atomic E-state index is 13.0. The lowest BCUT2D eigenvalue weighted by atomic mass is 9.93. The third-order valence-corrected chi connectivity index (χ3v) is 7.85. The molecule has 2 N–H and O–H groups in total. The lowest BCUT2D eigenvalue weighted by Gasteiger charge is -2.33. The zero-order chi connectivity index (χ0) is 21.4. The highest BCUT2D eigenvalue weighted by Crippen LogP contribution is 2.41. The second-order valence-corrected chi connectivity index (χ2v) is 9.72.